The van der Waals surface area contributed by atoms with Crippen LogP contribution in [-0.4, -0.2) is 51.3 Å². The predicted molar refractivity (Wildman–Crippen MR) is 79.2 cm³/mol. The van der Waals surface area contributed by atoms with Crippen LogP contribution in [-0.2, 0) is 14.8 Å². The lowest BCUT2D eigenvalue weighted by Crippen LogP contribution is -2.58. The van der Waals surface area contributed by atoms with Crippen molar-refractivity contribution in [2.45, 2.75) is 29.5 Å². The summed E-state index contributed by atoms with van der Waals surface area (Å²) >= 11 is 0. The zero-order valence-corrected chi connectivity index (χ0v) is 13.9. The lowest BCUT2D eigenvalue weighted by Gasteiger charge is -2.48. The van der Waals surface area contributed by atoms with Crippen molar-refractivity contribution in [1.29, 1.82) is 0 Å². The van der Waals surface area contributed by atoms with E-state index in [1.54, 1.807) is 18.2 Å². The second-order valence-corrected chi connectivity index (χ2v) is 8.04. The highest BCUT2D eigenvalue weighted by atomic mass is 32.2. The third-order valence-electron chi connectivity index (χ3n) is 4.67. The first-order valence-corrected chi connectivity index (χ1v) is 8.97. The van der Waals surface area contributed by atoms with Gasteiger partial charge in [-0.15, -0.1) is 0 Å². The minimum absolute atomic E-state index is 0.0290. The van der Waals surface area contributed by atoms with Gasteiger partial charge >= 0.3 is 6.18 Å². The number of halogens is 3. The Balaban J connectivity index is 1.76. The highest BCUT2D eigenvalue weighted by molar-refractivity contribution is 7.89. The van der Waals surface area contributed by atoms with Gasteiger partial charge in [0.05, 0.1) is 0 Å². The van der Waals surface area contributed by atoms with Crippen LogP contribution in [0.3, 0.4) is 0 Å². The average Bonchev–Trinajstić information content (AvgIpc) is 2.58. The second kappa shape index (κ2) is 5.89. The maximum absolute atomic E-state index is 13.0. The van der Waals surface area contributed by atoms with Gasteiger partial charge in [-0.05, 0) is 30.9 Å². The minimum atomic E-state index is -4.45. The number of alkyl halides is 3. The summed E-state index contributed by atoms with van der Waals surface area (Å²) in [4.78, 5) is 0.0515. The van der Waals surface area contributed by atoms with E-state index in [9.17, 15) is 21.6 Å². The first kappa shape index (κ1) is 17.5. The maximum Gasteiger partial charge on any atom is 0.417 e. The molecule has 0 radical (unpaired) electrons. The van der Waals surface area contributed by atoms with Gasteiger partial charge in [-0.1, -0.05) is 12.1 Å². The molecule has 0 amide bonds. The van der Waals surface area contributed by atoms with Gasteiger partial charge < -0.3 is 9.47 Å². The quantitative estimate of drug-likeness (QED) is 0.826. The molecule has 1 saturated carbocycles. The van der Waals surface area contributed by atoms with E-state index in [1.807, 2.05) is 0 Å². The first-order chi connectivity index (χ1) is 11.2. The summed E-state index contributed by atoms with van der Waals surface area (Å²) in [5.41, 5.74) is -2.15. The molecule has 24 heavy (non-hydrogen) atoms. The minimum Gasteiger partial charge on any atom is -0.491 e. The van der Waals surface area contributed by atoms with Gasteiger partial charge in [0.15, 0.2) is 5.60 Å². The van der Waals surface area contributed by atoms with Gasteiger partial charge in [-0.2, -0.15) is 17.5 Å². The fraction of sp³-hybridized carbons (Fsp3) is 0.600. The molecule has 1 fully saturated rings. The van der Waals surface area contributed by atoms with Crippen molar-refractivity contribution in [3.05, 3.63) is 24.3 Å². The maximum atomic E-state index is 13.0. The van der Waals surface area contributed by atoms with Gasteiger partial charge in [0.25, 0.3) is 0 Å². The number of hydrogen-bond donors (Lipinski definition) is 0. The number of para-hydroxylation sites is 1. The molecular weight excluding hydrogens is 347 g/mol. The molecule has 0 saturated heterocycles. The molecule has 1 aromatic rings. The molecule has 2 aliphatic rings. The number of ether oxygens (including phenoxy) is 2. The zero-order chi connectivity index (χ0) is 17.6. The molecule has 9 heteroatoms. The molecule has 5 nitrogen and oxygen atoms in total. The summed E-state index contributed by atoms with van der Waals surface area (Å²) in [6.07, 6.45) is -4.92. The monoisotopic (exact) mass is 365 g/mol. The van der Waals surface area contributed by atoms with E-state index in [4.69, 9.17) is 4.74 Å². The molecule has 134 valence electrons. The lowest BCUT2D eigenvalue weighted by atomic mass is 9.70. The topological polar surface area (TPSA) is 55.8 Å². The fourth-order valence-corrected chi connectivity index (χ4v) is 4.92. The van der Waals surface area contributed by atoms with E-state index in [1.165, 1.54) is 10.4 Å². The number of hydrogen-bond acceptors (Lipinski definition) is 4. The summed E-state index contributed by atoms with van der Waals surface area (Å²) in [5.74, 6) is -0.123. The van der Waals surface area contributed by atoms with Crippen LogP contribution in [0.5, 0.6) is 5.75 Å². The van der Waals surface area contributed by atoms with Crippen LogP contribution in [0.4, 0.5) is 13.2 Å². The standard InChI is InChI=1S/C15H18F3NO4S/c1-22-14(15(16,17)18)8-11(9-14)10-19-6-7-23-12-4-2-3-5-13(12)24(19,20)21/h2-5,11H,6-10H2,1H3. The van der Waals surface area contributed by atoms with Gasteiger partial charge in [-0.3, -0.25) is 0 Å². The van der Waals surface area contributed by atoms with Crippen LogP contribution in [0, 0.1) is 5.92 Å². The molecule has 0 bridgehead atoms. The molecule has 3 rings (SSSR count). The number of nitrogens with zero attached hydrogens (tertiary/aromatic N) is 1. The molecule has 0 atom stereocenters. The van der Waals surface area contributed by atoms with Gasteiger partial charge in [0.1, 0.15) is 17.3 Å². The van der Waals surface area contributed by atoms with E-state index in [2.05, 4.69) is 4.74 Å². The number of methoxy groups -OCH3 is 1. The van der Waals surface area contributed by atoms with Crippen molar-refractivity contribution in [3.63, 3.8) is 0 Å². The Bertz CT molecular complexity index is 714. The van der Waals surface area contributed by atoms with E-state index < -0.39 is 27.7 Å². The molecule has 1 aliphatic heterocycles. The zero-order valence-electron chi connectivity index (χ0n) is 13.0. The molecule has 0 unspecified atom stereocenters. The Hall–Kier alpha value is -1.32. The van der Waals surface area contributed by atoms with Gasteiger partial charge in [0, 0.05) is 20.2 Å². The smallest absolute Gasteiger partial charge is 0.417 e. The molecular formula is C15H18F3NO4S. The SMILES string of the molecule is COC1(C(F)(F)F)CC(CN2CCOc3ccccc3S2(=O)=O)C1. The van der Waals surface area contributed by atoms with Crippen molar-refractivity contribution in [2.75, 3.05) is 26.8 Å². The fourth-order valence-electron chi connectivity index (χ4n) is 3.29. The second-order valence-electron chi connectivity index (χ2n) is 6.13. The van der Waals surface area contributed by atoms with Crippen LogP contribution in [0.25, 0.3) is 0 Å². The highest BCUT2D eigenvalue weighted by Crippen LogP contribution is 2.51. The Morgan fingerprint density at radius 3 is 2.62 bits per heavy atom. The lowest BCUT2D eigenvalue weighted by molar-refractivity contribution is -0.308. The molecule has 1 aliphatic carbocycles. The summed E-state index contributed by atoms with van der Waals surface area (Å²) < 4.78 is 75.9. The van der Waals surface area contributed by atoms with Crippen molar-refractivity contribution >= 4 is 10.0 Å². The molecule has 0 spiro atoms. The van der Waals surface area contributed by atoms with Crippen molar-refractivity contribution < 1.29 is 31.1 Å². The van der Waals surface area contributed by atoms with E-state index in [-0.39, 0.29) is 43.2 Å². The highest BCUT2D eigenvalue weighted by Gasteiger charge is 2.63. The summed E-state index contributed by atoms with van der Waals surface area (Å²) in [6, 6.07) is 6.27. The Kier molecular flexibility index (Phi) is 4.29. The molecule has 0 aromatic heterocycles. The predicted octanol–water partition coefficient (Wildman–Crippen LogP) is 2.43. The third-order valence-corrected chi connectivity index (χ3v) is 6.58. The molecule has 1 aromatic carbocycles. The van der Waals surface area contributed by atoms with Crippen LogP contribution in [0.15, 0.2) is 29.2 Å². The normalized spacial score (nSPS) is 29.9. The van der Waals surface area contributed by atoms with Gasteiger partial charge in [0.2, 0.25) is 10.0 Å². The first-order valence-electron chi connectivity index (χ1n) is 7.53. The summed E-state index contributed by atoms with van der Waals surface area (Å²) in [5, 5.41) is 0. The number of benzene rings is 1. The van der Waals surface area contributed by atoms with E-state index in [0.717, 1.165) is 7.11 Å². The van der Waals surface area contributed by atoms with Crippen LogP contribution in [0.2, 0.25) is 0 Å². The Morgan fingerprint density at radius 1 is 1.33 bits per heavy atom. The van der Waals surface area contributed by atoms with E-state index in [0.29, 0.717) is 0 Å². The average molecular weight is 365 g/mol. The Labute approximate surface area is 138 Å². The van der Waals surface area contributed by atoms with Crippen molar-refractivity contribution in [2.24, 2.45) is 5.92 Å². The van der Waals surface area contributed by atoms with Crippen LogP contribution in [0.1, 0.15) is 12.8 Å². The molecule has 1 heterocycles. The summed E-state index contributed by atoms with van der Waals surface area (Å²) in [7, 11) is -2.75. The largest absolute Gasteiger partial charge is 0.491 e. The van der Waals surface area contributed by atoms with E-state index >= 15 is 0 Å². The number of sulfonamides is 1. The number of rotatable bonds is 3. The van der Waals surface area contributed by atoms with Gasteiger partial charge in [-0.25, -0.2) is 8.42 Å². The van der Waals surface area contributed by atoms with Crippen molar-refractivity contribution in [3.8, 4) is 5.75 Å². The van der Waals surface area contributed by atoms with Crippen LogP contribution >= 0.6 is 0 Å². The third kappa shape index (κ3) is 2.78. The summed E-state index contributed by atoms with van der Waals surface area (Å²) in [6.45, 7) is 0.304. The Morgan fingerprint density at radius 2 is 2.00 bits per heavy atom. The molecule has 0 N–H and O–H groups in total. The number of fused-ring (bicyclic) bond motifs is 1. The van der Waals surface area contributed by atoms with Crippen LogP contribution < -0.4 is 4.74 Å². The van der Waals surface area contributed by atoms with Crippen molar-refractivity contribution in [1.82, 2.24) is 4.31 Å².